The van der Waals surface area contributed by atoms with Crippen molar-refractivity contribution in [2.45, 2.75) is 26.3 Å². The Kier molecular flexibility index (Phi) is 2.19. The highest BCUT2D eigenvalue weighted by Crippen LogP contribution is 2.24. The predicted molar refractivity (Wildman–Crippen MR) is 50.8 cm³/mol. The SMILES string of the molecule is [C-]#[N+]C(C)(C)c1ccc(C)cc1. The van der Waals surface area contributed by atoms with Crippen molar-refractivity contribution in [2.75, 3.05) is 0 Å². The first kappa shape index (κ1) is 8.80. The molecule has 1 nitrogen and oxygen atoms in total. The quantitative estimate of drug-likeness (QED) is 0.554. The lowest BCUT2D eigenvalue weighted by atomic mass is 9.95. The lowest BCUT2D eigenvalue weighted by Crippen LogP contribution is -2.10. The molecule has 0 aliphatic carbocycles. The molecule has 0 spiro atoms. The second-order valence-corrected chi connectivity index (χ2v) is 3.54. The van der Waals surface area contributed by atoms with Crippen molar-refractivity contribution >= 4 is 0 Å². The standard InChI is InChI=1S/C11H13N/c1-9-5-7-10(8-6-9)11(2,3)12-4/h5-8H,1-3H3. The van der Waals surface area contributed by atoms with Crippen LogP contribution in [0.1, 0.15) is 25.0 Å². The molecule has 0 heterocycles. The zero-order chi connectivity index (χ0) is 9.19. The summed E-state index contributed by atoms with van der Waals surface area (Å²) in [4.78, 5) is 3.57. The van der Waals surface area contributed by atoms with Crippen LogP contribution in [-0.2, 0) is 5.54 Å². The molecule has 1 rings (SSSR count). The number of rotatable bonds is 1. The Bertz CT molecular complexity index is 301. The normalized spacial score (nSPS) is 10.8. The van der Waals surface area contributed by atoms with Gasteiger partial charge in [0.15, 0.2) is 0 Å². The fourth-order valence-corrected chi connectivity index (χ4v) is 1.03. The topological polar surface area (TPSA) is 4.36 Å². The van der Waals surface area contributed by atoms with E-state index in [9.17, 15) is 0 Å². The lowest BCUT2D eigenvalue weighted by molar-refractivity contribution is 0.664. The molecular weight excluding hydrogens is 146 g/mol. The van der Waals surface area contributed by atoms with Crippen LogP contribution in [0.3, 0.4) is 0 Å². The fourth-order valence-electron chi connectivity index (χ4n) is 1.03. The van der Waals surface area contributed by atoms with Gasteiger partial charge in [0.1, 0.15) is 0 Å². The minimum absolute atomic E-state index is 0.381. The van der Waals surface area contributed by atoms with Crippen molar-refractivity contribution < 1.29 is 0 Å². The van der Waals surface area contributed by atoms with E-state index in [0.29, 0.717) is 0 Å². The van der Waals surface area contributed by atoms with E-state index in [2.05, 4.69) is 11.8 Å². The van der Waals surface area contributed by atoms with Crippen LogP contribution in [-0.4, -0.2) is 0 Å². The highest BCUT2D eigenvalue weighted by Gasteiger charge is 2.24. The number of hydrogen-bond acceptors (Lipinski definition) is 0. The maximum atomic E-state index is 7.02. The van der Waals surface area contributed by atoms with Crippen LogP contribution in [0.15, 0.2) is 24.3 Å². The summed E-state index contributed by atoms with van der Waals surface area (Å²) in [5.41, 5.74) is 1.94. The van der Waals surface area contributed by atoms with Gasteiger partial charge in [0.2, 0.25) is 0 Å². The Morgan fingerprint density at radius 1 is 1.17 bits per heavy atom. The van der Waals surface area contributed by atoms with Gasteiger partial charge in [0, 0.05) is 19.4 Å². The van der Waals surface area contributed by atoms with Crippen molar-refractivity contribution in [1.82, 2.24) is 0 Å². The largest absolute Gasteiger partial charge is 0.306 e. The zero-order valence-corrected chi connectivity index (χ0v) is 7.76. The highest BCUT2D eigenvalue weighted by molar-refractivity contribution is 5.29. The van der Waals surface area contributed by atoms with Crippen molar-refractivity contribution in [1.29, 1.82) is 0 Å². The van der Waals surface area contributed by atoms with Crippen molar-refractivity contribution in [3.8, 4) is 0 Å². The van der Waals surface area contributed by atoms with Crippen molar-refractivity contribution in [2.24, 2.45) is 0 Å². The second-order valence-electron chi connectivity index (χ2n) is 3.54. The molecule has 0 saturated heterocycles. The first-order valence-electron chi connectivity index (χ1n) is 4.02. The van der Waals surface area contributed by atoms with Gasteiger partial charge in [-0.25, -0.2) is 6.57 Å². The minimum atomic E-state index is -0.381. The smallest absolute Gasteiger partial charge is 0.252 e. The maximum Gasteiger partial charge on any atom is 0.252 e. The Morgan fingerprint density at radius 3 is 2.08 bits per heavy atom. The number of benzene rings is 1. The number of aryl methyl sites for hydroxylation is 1. The first-order valence-corrected chi connectivity index (χ1v) is 4.02. The van der Waals surface area contributed by atoms with Crippen LogP contribution in [0.25, 0.3) is 4.85 Å². The Balaban J connectivity index is 3.07. The van der Waals surface area contributed by atoms with Gasteiger partial charge in [0.05, 0.1) is 0 Å². The van der Waals surface area contributed by atoms with E-state index in [1.807, 2.05) is 38.1 Å². The van der Waals surface area contributed by atoms with Gasteiger partial charge in [-0.2, -0.15) is 0 Å². The third-order valence-electron chi connectivity index (χ3n) is 2.04. The molecule has 0 aliphatic heterocycles. The lowest BCUT2D eigenvalue weighted by Gasteiger charge is -2.10. The molecule has 0 saturated carbocycles. The Labute approximate surface area is 73.9 Å². The molecular formula is C11H13N. The van der Waals surface area contributed by atoms with E-state index in [1.165, 1.54) is 5.56 Å². The average Bonchev–Trinajstić information content (AvgIpc) is 2.05. The Morgan fingerprint density at radius 2 is 1.67 bits per heavy atom. The first-order chi connectivity index (χ1) is 5.56. The molecule has 0 aliphatic rings. The molecule has 0 aromatic heterocycles. The average molecular weight is 159 g/mol. The van der Waals surface area contributed by atoms with Crippen molar-refractivity contribution in [3.05, 3.63) is 46.8 Å². The van der Waals surface area contributed by atoms with E-state index in [0.717, 1.165) is 5.56 Å². The summed E-state index contributed by atoms with van der Waals surface area (Å²) in [6, 6.07) is 8.13. The molecule has 62 valence electrons. The molecule has 0 radical (unpaired) electrons. The molecule has 1 aromatic carbocycles. The number of nitrogens with zero attached hydrogens (tertiary/aromatic N) is 1. The van der Waals surface area contributed by atoms with Crippen LogP contribution < -0.4 is 0 Å². The summed E-state index contributed by atoms with van der Waals surface area (Å²) in [5, 5.41) is 0. The van der Waals surface area contributed by atoms with Crippen molar-refractivity contribution in [3.63, 3.8) is 0 Å². The summed E-state index contributed by atoms with van der Waals surface area (Å²) in [7, 11) is 0. The van der Waals surface area contributed by atoms with Gasteiger partial charge in [-0.3, -0.25) is 0 Å². The van der Waals surface area contributed by atoms with Crippen LogP contribution in [0, 0.1) is 13.5 Å². The molecule has 0 fully saturated rings. The van der Waals surface area contributed by atoms with E-state index in [4.69, 9.17) is 6.57 Å². The van der Waals surface area contributed by atoms with E-state index in [1.54, 1.807) is 0 Å². The predicted octanol–water partition coefficient (Wildman–Crippen LogP) is 3.15. The van der Waals surface area contributed by atoms with Gasteiger partial charge in [-0.05, 0) is 6.92 Å². The van der Waals surface area contributed by atoms with E-state index >= 15 is 0 Å². The van der Waals surface area contributed by atoms with Crippen LogP contribution in [0.2, 0.25) is 0 Å². The van der Waals surface area contributed by atoms with Crippen LogP contribution in [0.4, 0.5) is 0 Å². The van der Waals surface area contributed by atoms with Crippen LogP contribution in [0.5, 0.6) is 0 Å². The summed E-state index contributed by atoms with van der Waals surface area (Å²) in [6.07, 6.45) is 0. The molecule has 12 heavy (non-hydrogen) atoms. The maximum absolute atomic E-state index is 7.02. The molecule has 0 N–H and O–H groups in total. The van der Waals surface area contributed by atoms with Gasteiger partial charge >= 0.3 is 0 Å². The molecule has 0 unspecified atom stereocenters. The summed E-state index contributed by atoms with van der Waals surface area (Å²) in [6.45, 7) is 12.9. The summed E-state index contributed by atoms with van der Waals surface area (Å²) >= 11 is 0. The minimum Gasteiger partial charge on any atom is -0.306 e. The fraction of sp³-hybridized carbons (Fsp3) is 0.364. The van der Waals surface area contributed by atoms with Gasteiger partial charge in [-0.1, -0.05) is 29.8 Å². The summed E-state index contributed by atoms with van der Waals surface area (Å²) < 4.78 is 0. The molecule has 0 bridgehead atoms. The van der Waals surface area contributed by atoms with Gasteiger partial charge < -0.3 is 4.85 Å². The van der Waals surface area contributed by atoms with E-state index in [-0.39, 0.29) is 5.54 Å². The monoisotopic (exact) mass is 159 g/mol. The molecule has 0 amide bonds. The van der Waals surface area contributed by atoms with E-state index < -0.39 is 0 Å². The Hall–Kier alpha value is -1.29. The zero-order valence-electron chi connectivity index (χ0n) is 7.76. The summed E-state index contributed by atoms with van der Waals surface area (Å²) in [5.74, 6) is 0. The van der Waals surface area contributed by atoms with Crippen LogP contribution >= 0.6 is 0 Å². The second kappa shape index (κ2) is 2.98. The van der Waals surface area contributed by atoms with Gasteiger partial charge in [-0.15, -0.1) is 0 Å². The molecule has 0 atom stereocenters. The molecule has 1 heteroatoms. The van der Waals surface area contributed by atoms with Gasteiger partial charge in [0.25, 0.3) is 5.54 Å². The molecule has 1 aromatic rings. The number of hydrogen-bond donors (Lipinski definition) is 0. The third kappa shape index (κ3) is 1.65. The highest BCUT2D eigenvalue weighted by atomic mass is 14.8. The third-order valence-corrected chi connectivity index (χ3v) is 2.04.